The second-order valence-electron chi connectivity index (χ2n) is 6.62. The smallest absolute Gasteiger partial charge is 0.173 e. The minimum absolute atomic E-state index is 0.851. The van der Waals surface area contributed by atoms with Crippen LogP contribution >= 0.6 is 0 Å². The summed E-state index contributed by atoms with van der Waals surface area (Å²) in [6, 6.07) is 0. The van der Waals surface area contributed by atoms with Gasteiger partial charge in [-0.3, -0.25) is 0 Å². The van der Waals surface area contributed by atoms with Crippen LogP contribution in [0.4, 0.5) is 0 Å². The first-order valence-corrected chi connectivity index (χ1v) is 8.28. The third kappa shape index (κ3) is 3.39. The van der Waals surface area contributed by atoms with Crippen molar-refractivity contribution >= 4 is 20.0 Å². The molecule has 0 aliphatic heterocycles. The van der Waals surface area contributed by atoms with Crippen molar-refractivity contribution in [2.45, 2.75) is 54.9 Å². The molecule has 2 heterocycles. The Hall–Kier alpha value is -1.90. The van der Waals surface area contributed by atoms with E-state index in [1.807, 2.05) is 13.8 Å². The zero-order valence-corrected chi connectivity index (χ0v) is 15.7. The van der Waals surface area contributed by atoms with Gasteiger partial charge in [0.25, 0.3) is 0 Å². The van der Waals surface area contributed by atoms with Gasteiger partial charge < -0.3 is 8.83 Å². The molecule has 0 amide bonds. The van der Waals surface area contributed by atoms with Crippen molar-refractivity contribution in [1.29, 1.82) is 0 Å². The van der Waals surface area contributed by atoms with E-state index in [1.165, 1.54) is 16.6 Å². The van der Waals surface area contributed by atoms with Gasteiger partial charge in [-0.05, 0) is 41.0 Å². The van der Waals surface area contributed by atoms with E-state index >= 15 is 0 Å². The molecule has 2 aromatic rings. The first kappa shape index (κ1) is 17.5. The van der Waals surface area contributed by atoms with Gasteiger partial charge in [0.2, 0.25) is 0 Å². The van der Waals surface area contributed by atoms with Crippen LogP contribution in [-0.2, 0) is 0 Å². The summed E-state index contributed by atoms with van der Waals surface area (Å²) in [6.45, 7) is 14.7. The Morgan fingerprint density at radius 1 is 0.870 bits per heavy atom. The van der Waals surface area contributed by atoms with E-state index in [9.17, 15) is 0 Å². The van der Waals surface area contributed by atoms with Crippen LogP contribution < -0.4 is 0 Å². The summed E-state index contributed by atoms with van der Waals surface area (Å²) in [6.07, 6.45) is 5.44. The van der Waals surface area contributed by atoms with Crippen LogP contribution in [0.15, 0.2) is 19.9 Å². The van der Waals surface area contributed by atoms with Crippen molar-refractivity contribution in [1.82, 2.24) is 0 Å². The number of rotatable bonds is 4. The van der Waals surface area contributed by atoms with Gasteiger partial charge in [0.1, 0.15) is 19.4 Å². The van der Waals surface area contributed by atoms with Gasteiger partial charge in [0, 0.05) is 22.3 Å². The molecule has 0 aliphatic rings. The first-order valence-electron chi connectivity index (χ1n) is 8.28. The standard InChI is InChI=1S/C20H27BO2/c1-8-11(2)9-17-13(4)19(22-15(17)6)20-14(5)18(10-12(3)21)16(7)23-20/h9-10H,8,21H2,1-7H3/b11-9+,12-10+. The topological polar surface area (TPSA) is 26.3 Å². The summed E-state index contributed by atoms with van der Waals surface area (Å²) in [4.78, 5) is 0. The first-order chi connectivity index (χ1) is 10.8. The second-order valence-corrected chi connectivity index (χ2v) is 6.62. The highest BCUT2D eigenvalue weighted by atomic mass is 16.4. The molecule has 122 valence electrons. The summed E-state index contributed by atoms with van der Waals surface area (Å²) < 4.78 is 12.1. The predicted octanol–water partition coefficient (Wildman–Crippen LogP) is 5.58. The van der Waals surface area contributed by atoms with Gasteiger partial charge in [-0.1, -0.05) is 31.6 Å². The van der Waals surface area contributed by atoms with Gasteiger partial charge in [-0.15, -0.1) is 5.47 Å². The fourth-order valence-corrected chi connectivity index (χ4v) is 2.83. The van der Waals surface area contributed by atoms with Crippen LogP contribution in [0.1, 0.15) is 61.0 Å². The molecule has 0 spiro atoms. The minimum Gasteiger partial charge on any atom is -0.457 e. The molecular formula is C20H27BO2. The van der Waals surface area contributed by atoms with E-state index in [0.29, 0.717) is 0 Å². The van der Waals surface area contributed by atoms with Crippen molar-refractivity contribution in [3.63, 3.8) is 0 Å². The Kier molecular flexibility index (Phi) is 5.08. The monoisotopic (exact) mass is 310 g/mol. The molecule has 0 fully saturated rings. The van der Waals surface area contributed by atoms with Crippen molar-refractivity contribution in [2.75, 3.05) is 0 Å². The largest absolute Gasteiger partial charge is 0.457 e. The Labute approximate surface area is 140 Å². The van der Waals surface area contributed by atoms with Gasteiger partial charge in [-0.25, -0.2) is 0 Å². The summed E-state index contributed by atoms with van der Waals surface area (Å²) in [5.74, 6) is 3.59. The zero-order valence-electron chi connectivity index (χ0n) is 15.7. The predicted molar refractivity (Wildman–Crippen MR) is 101 cm³/mol. The lowest BCUT2D eigenvalue weighted by molar-refractivity contribution is 0.492. The van der Waals surface area contributed by atoms with Gasteiger partial charge in [0.15, 0.2) is 11.5 Å². The number of aryl methyl sites for hydroxylation is 2. The number of hydrogen-bond donors (Lipinski definition) is 0. The molecule has 0 N–H and O–H groups in total. The van der Waals surface area contributed by atoms with E-state index in [1.54, 1.807) is 0 Å². The lowest BCUT2D eigenvalue weighted by atomic mass is 9.94. The molecule has 0 atom stereocenters. The average Bonchev–Trinajstić information content (AvgIpc) is 2.91. The van der Waals surface area contributed by atoms with Gasteiger partial charge >= 0.3 is 0 Å². The molecule has 0 saturated carbocycles. The fourth-order valence-electron chi connectivity index (χ4n) is 2.83. The van der Waals surface area contributed by atoms with Crippen LogP contribution in [0.25, 0.3) is 23.7 Å². The van der Waals surface area contributed by atoms with Crippen molar-refractivity contribution in [2.24, 2.45) is 0 Å². The molecular weight excluding hydrogens is 283 g/mol. The van der Waals surface area contributed by atoms with E-state index in [-0.39, 0.29) is 0 Å². The van der Waals surface area contributed by atoms with E-state index in [4.69, 9.17) is 8.83 Å². The molecule has 3 heteroatoms. The van der Waals surface area contributed by atoms with Crippen LogP contribution in [0.2, 0.25) is 0 Å². The Morgan fingerprint density at radius 3 is 1.70 bits per heavy atom. The molecule has 2 aromatic heterocycles. The second kappa shape index (κ2) is 6.70. The molecule has 2 rings (SSSR count). The molecule has 0 aromatic carbocycles. The highest BCUT2D eigenvalue weighted by Crippen LogP contribution is 2.38. The van der Waals surface area contributed by atoms with E-state index < -0.39 is 0 Å². The maximum atomic E-state index is 6.07. The van der Waals surface area contributed by atoms with Crippen molar-refractivity contribution in [3.8, 4) is 11.5 Å². The summed E-state index contributed by atoms with van der Waals surface area (Å²) in [5, 5.41) is 0. The van der Waals surface area contributed by atoms with E-state index in [2.05, 4.69) is 54.6 Å². The molecule has 23 heavy (non-hydrogen) atoms. The lowest BCUT2D eigenvalue weighted by Crippen LogP contribution is -1.83. The fraction of sp³-hybridized carbons (Fsp3) is 0.400. The molecule has 2 nitrogen and oxygen atoms in total. The minimum atomic E-state index is 0.851. The third-order valence-electron chi connectivity index (χ3n) is 4.35. The van der Waals surface area contributed by atoms with Crippen molar-refractivity contribution in [3.05, 3.63) is 44.8 Å². The molecule has 0 saturated heterocycles. The highest BCUT2D eigenvalue weighted by molar-refractivity contribution is 6.23. The molecule has 0 aliphatic carbocycles. The van der Waals surface area contributed by atoms with Crippen LogP contribution in [0, 0.1) is 27.7 Å². The zero-order chi connectivity index (χ0) is 17.3. The Bertz CT molecular complexity index is 781. The van der Waals surface area contributed by atoms with Gasteiger partial charge in [0.05, 0.1) is 0 Å². The van der Waals surface area contributed by atoms with Crippen LogP contribution in [0.5, 0.6) is 0 Å². The van der Waals surface area contributed by atoms with E-state index in [0.717, 1.165) is 46.2 Å². The Morgan fingerprint density at radius 2 is 1.30 bits per heavy atom. The molecule has 0 radical (unpaired) electrons. The number of hydrogen-bond acceptors (Lipinski definition) is 2. The maximum Gasteiger partial charge on any atom is 0.173 e. The van der Waals surface area contributed by atoms with Crippen molar-refractivity contribution < 1.29 is 8.83 Å². The number of furan rings is 2. The average molecular weight is 310 g/mol. The lowest BCUT2D eigenvalue weighted by Gasteiger charge is -1.98. The summed E-state index contributed by atoms with van der Waals surface area (Å²) >= 11 is 0. The molecule has 0 unspecified atom stereocenters. The summed E-state index contributed by atoms with van der Waals surface area (Å²) in [7, 11) is 2.10. The highest BCUT2D eigenvalue weighted by Gasteiger charge is 2.21. The van der Waals surface area contributed by atoms with Crippen LogP contribution in [-0.4, -0.2) is 7.85 Å². The normalized spacial score (nSPS) is 13.0. The SMILES string of the molecule is B/C(C)=C/c1c(C)oc(-c2oc(C)c(/C=C(\C)CC)c2C)c1C. The maximum absolute atomic E-state index is 6.07. The van der Waals surface area contributed by atoms with Gasteiger partial charge in [-0.2, -0.15) is 0 Å². The third-order valence-corrected chi connectivity index (χ3v) is 4.35. The summed E-state index contributed by atoms with van der Waals surface area (Å²) in [5.41, 5.74) is 7.24. The quantitative estimate of drug-likeness (QED) is 0.689. The number of allylic oxidation sites excluding steroid dienone is 2. The molecule has 0 bridgehead atoms. The van der Waals surface area contributed by atoms with Crippen LogP contribution in [0.3, 0.4) is 0 Å². The Balaban J connectivity index is 2.61.